The van der Waals surface area contributed by atoms with Crippen LogP contribution in [-0.2, 0) is 10.0 Å². The molecular weight excluding hydrogens is 414 g/mol. The Bertz CT molecular complexity index is 1360. The van der Waals surface area contributed by atoms with Gasteiger partial charge in [-0.2, -0.15) is 0 Å². The number of imidazole rings is 1. The van der Waals surface area contributed by atoms with Crippen LogP contribution in [0.1, 0.15) is 5.56 Å². The SMILES string of the molecule is Cc1cccn2cc(-c3ccccc3NS(=O)(=O)CC3COc4ccccc4O3)nc12. The minimum Gasteiger partial charge on any atom is -0.486 e. The molecule has 1 aliphatic rings. The number of pyridine rings is 1. The van der Waals surface area contributed by atoms with E-state index < -0.39 is 16.1 Å². The lowest BCUT2D eigenvalue weighted by Crippen LogP contribution is -2.37. The molecule has 4 aromatic rings. The zero-order chi connectivity index (χ0) is 21.4. The Morgan fingerprint density at radius 3 is 2.68 bits per heavy atom. The molecule has 8 heteroatoms. The summed E-state index contributed by atoms with van der Waals surface area (Å²) in [5, 5.41) is 0. The van der Waals surface area contributed by atoms with Gasteiger partial charge in [-0.1, -0.05) is 36.4 Å². The first kappa shape index (κ1) is 19.4. The topological polar surface area (TPSA) is 81.9 Å². The average molecular weight is 436 g/mol. The second-order valence-corrected chi connectivity index (χ2v) is 9.24. The lowest BCUT2D eigenvalue weighted by molar-refractivity contribution is 0.106. The van der Waals surface area contributed by atoms with Crippen molar-refractivity contribution in [3.63, 3.8) is 0 Å². The molecule has 0 radical (unpaired) electrons. The minimum absolute atomic E-state index is 0.172. The number of ether oxygens (including phenoxy) is 2. The first-order valence-electron chi connectivity index (χ1n) is 9.91. The van der Waals surface area contributed by atoms with Crippen LogP contribution < -0.4 is 14.2 Å². The van der Waals surface area contributed by atoms with E-state index in [0.717, 1.165) is 11.2 Å². The third-order valence-electron chi connectivity index (χ3n) is 5.12. The molecular formula is C23H21N3O4S. The fourth-order valence-electron chi connectivity index (χ4n) is 3.68. The van der Waals surface area contributed by atoms with Gasteiger partial charge < -0.3 is 13.9 Å². The van der Waals surface area contributed by atoms with Gasteiger partial charge in [0.05, 0.1) is 11.4 Å². The van der Waals surface area contributed by atoms with Gasteiger partial charge >= 0.3 is 0 Å². The molecule has 0 aliphatic carbocycles. The number of nitrogens with one attached hydrogen (secondary N) is 1. The van der Waals surface area contributed by atoms with Crippen LogP contribution in [0.5, 0.6) is 11.5 Å². The number of hydrogen-bond acceptors (Lipinski definition) is 5. The highest BCUT2D eigenvalue weighted by Crippen LogP contribution is 2.32. The Labute approximate surface area is 180 Å². The standard InChI is InChI=1S/C23H21N3O4S/c1-16-7-6-12-26-13-20(24-23(16)26)18-8-2-3-9-19(18)25-31(27,28)15-17-14-29-21-10-4-5-11-22(21)30-17/h2-13,17,25H,14-15H2,1H3. The smallest absolute Gasteiger partial charge is 0.236 e. The van der Waals surface area contributed by atoms with Crippen molar-refractivity contribution in [2.45, 2.75) is 13.0 Å². The van der Waals surface area contributed by atoms with Gasteiger partial charge in [-0.15, -0.1) is 0 Å². The maximum Gasteiger partial charge on any atom is 0.236 e. The van der Waals surface area contributed by atoms with Crippen molar-refractivity contribution in [2.24, 2.45) is 0 Å². The summed E-state index contributed by atoms with van der Waals surface area (Å²) in [5.74, 6) is 0.950. The minimum atomic E-state index is -3.70. The second-order valence-electron chi connectivity index (χ2n) is 7.47. The number of anilines is 1. The Morgan fingerprint density at radius 2 is 1.84 bits per heavy atom. The molecule has 158 valence electrons. The second kappa shape index (κ2) is 7.63. The highest BCUT2D eigenvalue weighted by Gasteiger charge is 2.27. The molecule has 0 spiro atoms. The summed E-state index contributed by atoms with van der Waals surface area (Å²) in [7, 11) is -3.70. The Balaban J connectivity index is 1.39. The van der Waals surface area contributed by atoms with Crippen LogP contribution in [0.3, 0.4) is 0 Å². The number of fused-ring (bicyclic) bond motifs is 2. The zero-order valence-corrected chi connectivity index (χ0v) is 17.7. The van der Waals surface area contributed by atoms with Crippen LogP contribution >= 0.6 is 0 Å². The fourth-order valence-corrected chi connectivity index (χ4v) is 4.93. The molecule has 0 saturated heterocycles. The van der Waals surface area contributed by atoms with E-state index in [2.05, 4.69) is 4.72 Å². The van der Waals surface area contributed by atoms with Crippen molar-refractivity contribution in [1.82, 2.24) is 9.38 Å². The largest absolute Gasteiger partial charge is 0.486 e. The van der Waals surface area contributed by atoms with Crippen molar-refractivity contribution >= 4 is 21.4 Å². The van der Waals surface area contributed by atoms with Crippen molar-refractivity contribution in [2.75, 3.05) is 17.1 Å². The van der Waals surface area contributed by atoms with Gasteiger partial charge in [0.2, 0.25) is 10.0 Å². The molecule has 7 nitrogen and oxygen atoms in total. The Hall–Kier alpha value is -3.52. The molecule has 0 amide bonds. The summed E-state index contributed by atoms with van der Waals surface area (Å²) in [4.78, 5) is 4.70. The zero-order valence-electron chi connectivity index (χ0n) is 16.9. The van der Waals surface area contributed by atoms with E-state index in [9.17, 15) is 8.42 Å². The highest BCUT2D eigenvalue weighted by atomic mass is 32.2. The van der Waals surface area contributed by atoms with Crippen LogP contribution in [-0.4, -0.2) is 36.3 Å². The maximum absolute atomic E-state index is 12.9. The maximum atomic E-state index is 12.9. The van der Waals surface area contributed by atoms with E-state index in [-0.39, 0.29) is 12.4 Å². The van der Waals surface area contributed by atoms with Gasteiger partial charge in [0.1, 0.15) is 24.1 Å². The van der Waals surface area contributed by atoms with E-state index in [0.29, 0.717) is 28.4 Å². The summed E-state index contributed by atoms with van der Waals surface area (Å²) in [5.41, 5.74) is 3.75. The summed E-state index contributed by atoms with van der Waals surface area (Å²) >= 11 is 0. The van der Waals surface area contributed by atoms with Gasteiger partial charge in [0.25, 0.3) is 0 Å². The number of rotatable bonds is 5. The van der Waals surface area contributed by atoms with Gasteiger partial charge in [0, 0.05) is 18.0 Å². The van der Waals surface area contributed by atoms with E-state index >= 15 is 0 Å². The normalized spacial score (nSPS) is 15.7. The van der Waals surface area contributed by atoms with Crippen molar-refractivity contribution in [3.8, 4) is 22.8 Å². The highest BCUT2D eigenvalue weighted by molar-refractivity contribution is 7.92. The number of benzene rings is 2. The molecule has 3 heterocycles. The van der Waals surface area contributed by atoms with Crippen molar-refractivity contribution in [1.29, 1.82) is 0 Å². The van der Waals surface area contributed by atoms with Crippen molar-refractivity contribution in [3.05, 3.63) is 78.6 Å². The summed E-state index contributed by atoms with van der Waals surface area (Å²) in [6.45, 7) is 2.16. The summed E-state index contributed by atoms with van der Waals surface area (Å²) < 4.78 is 41.9. The van der Waals surface area contributed by atoms with Gasteiger partial charge in [-0.25, -0.2) is 13.4 Å². The number of hydrogen-bond donors (Lipinski definition) is 1. The molecule has 2 aromatic heterocycles. The third kappa shape index (κ3) is 3.94. The molecule has 31 heavy (non-hydrogen) atoms. The summed E-state index contributed by atoms with van der Waals surface area (Å²) in [6, 6.07) is 18.4. The molecule has 1 aliphatic heterocycles. The number of para-hydroxylation sites is 3. The molecule has 1 atom stereocenters. The monoisotopic (exact) mass is 435 g/mol. The number of aromatic nitrogens is 2. The quantitative estimate of drug-likeness (QED) is 0.514. The first-order chi connectivity index (χ1) is 15.0. The van der Waals surface area contributed by atoms with E-state index in [1.54, 1.807) is 24.3 Å². The van der Waals surface area contributed by atoms with Crippen LogP contribution in [0.4, 0.5) is 5.69 Å². The van der Waals surface area contributed by atoms with Gasteiger partial charge in [-0.05, 0) is 36.8 Å². The van der Waals surface area contributed by atoms with Crippen LogP contribution in [0.2, 0.25) is 0 Å². The number of aryl methyl sites for hydroxylation is 1. The summed E-state index contributed by atoms with van der Waals surface area (Å²) in [6.07, 6.45) is 3.21. The molecule has 2 aromatic carbocycles. The number of sulfonamides is 1. The average Bonchev–Trinajstić information content (AvgIpc) is 3.19. The Morgan fingerprint density at radius 1 is 1.06 bits per heavy atom. The van der Waals surface area contributed by atoms with E-state index in [1.807, 2.05) is 60.1 Å². The van der Waals surface area contributed by atoms with E-state index in [4.69, 9.17) is 14.5 Å². The molecule has 0 saturated carbocycles. The lowest BCUT2D eigenvalue weighted by atomic mass is 10.1. The third-order valence-corrected chi connectivity index (χ3v) is 6.46. The molecule has 0 fully saturated rings. The molecule has 1 unspecified atom stereocenters. The molecule has 0 bridgehead atoms. The Kier molecular flexibility index (Phi) is 4.78. The van der Waals surface area contributed by atoms with E-state index in [1.165, 1.54) is 0 Å². The van der Waals surface area contributed by atoms with Crippen LogP contribution in [0, 0.1) is 6.92 Å². The molecule has 5 rings (SSSR count). The fraction of sp³-hybridized carbons (Fsp3) is 0.174. The number of nitrogens with zero attached hydrogens (tertiary/aromatic N) is 2. The lowest BCUT2D eigenvalue weighted by Gasteiger charge is -2.26. The first-order valence-corrected chi connectivity index (χ1v) is 11.6. The van der Waals surface area contributed by atoms with Crippen LogP contribution in [0.25, 0.3) is 16.9 Å². The predicted octanol–water partition coefficient (Wildman–Crippen LogP) is 3.89. The van der Waals surface area contributed by atoms with Crippen molar-refractivity contribution < 1.29 is 17.9 Å². The van der Waals surface area contributed by atoms with Crippen LogP contribution in [0.15, 0.2) is 73.1 Å². The predicted molar refractivity (Wildman–Crippen MR) is 119 cm³/mol. The van der Waals surface area contributed by atoms with Gasteiger partial charge in [-0.3, -0.25) is 4.72 Å². The van der Waals surface area contributed by atoms with Gasteiger partial charge in [0.15, 0.2) is 11.5 Å². The molecule has 1 N–H and O–H groups in total.